The molecule has 6 heteroatoms. The second kappa shape index (κ2) is 5.60. The van der Waals surface area contributed by atoms with E-state index in [1.165, 1.54) is 12.1 Å². The van der Waals surface area contributed by atoms with E-state index in [2.05, 4.69) is 0 Å². The van der Waals surface area contributed by atoms with Gasteiger partial charge in [0, 0.05) is 6.61 Å². The maximum atomic E-state index is 13.2. The zero-order valence-electron chi connectivity index (χ0n) is 9.30. The van der Waals surface area contributed by atoms with Gasteiger partial charge in [-0.3, -0.25) is 0 Å². The van der Waals surface area contributed by atoms with Gasteiger partial charge >= 0.3 is 7.12 Å². The van der Waals surface area contributed by atoms with Gasteiger partial charge in [0.15, 0.2) is 0 Å². The van der Waals surface area contributed by atoms with Gasteiger partial charge in [-0.15, -0.1) is 0 Å². The van der Waals surface area contributed by atoms with E-state index in [1.807, 2.05) is 0 Å². The molecule has 1 aliphatic rings. The second-order valence-corrected chi connectivity index (χ2v) is 4.06. The van der Waals surface area contributed by atoms with E-state index in [0.717, 1.165) is 12.5 Å². The fourth-order valence-electron chi connectivity index (χ4n) is 1.77. The second-order valence-electron chi connectivity index (χ2n) is 4.06. The first-order valence-electron chi connectivity index (χ1n) is 5.50. The third-order valence-electron chi connectivity index (χ3n) is 2.65. The van der Waals surface area contributed by atoms with Gasteiger partial charge in [-0.2, -0.15) is 0 Å². The molecule has 1 saturated heterocycles. The molecule has 2 rings (SSSR count). The summed E-state index contributed by atoms with van der Waals surface area (Å²) in [6.07, 6.45) is 0.880. The Bertz CT molecular complexity index is 380. The van der Waals surface area contributed by atoms with Crippen molar-refractivity contribution in [2.45, 2.75) is 19.1 Å². The van der Waals surface area contributed by atoms with Crippen LogP contribution >= 0.6 is 0 Å². The van der Waals surface area contributed by atoms with Crippen LogP contribution in [0.4, 0.5) is 4.39 Å². The predicted molar refractivity (Wildman–Crippen MR) is 60.2 cm³/mol. The minimum atomic E-state index is -1.67. The maximum Gasteiger partial charge on any atom is 0.488 e. The summed E-state index contributed by atoms with van der Waals surface area (Å²) in [5.41, 5.74) is 0.714. The number of ether oxygens (including phenoxy) is 2. The van der Waals surface area contributed by atoms with Gasteiger partial charge in [-0.1, -0.05) is 6.07 Å². The summed E-state index contributed by atoms with van der Waals surface area (Å²) in [6.45, 7) is 1.49. The van der Waals surface area contributed by atoms with Crippen LogP contribution in [0.15, 0.2) is 18.2 Å². The molecular weight excluding hydrogens is 226 g/mol. The Balaban J connectivity index is 1.99. The third kappa shape index (κ3) is 3.51. The summed E-state index contributed by atoms with van der Waals surface area (Å²) < 4.78 is 23.9. The van der Waals surface area contributed by atoms with Gasteiger partial charge in [-0.05, 0) is 29.6 Å². The van der Waals surface area contributed by atoms with Crippen molar-refractivity contribution in [1.82, 2.24) is 0 Å². The molecule has 0 amide bonds. The molecule has 1 aromatic carbocycles. The van der Waals surface area contributed by atoms with Crippen LogP contribution in [0.1, 0.15) is 12.0 Å². The minimum Gasteiger partial charge on any atom is -0.423 e. The summed E-state index contributed by atoms with van der Waals surface area (Å²) >= 11 is 0. The normalized spacial score (nSPS) is 19.6. The van der Waals surface area contributed by atoms with Crippen LogP contribution in [0, 0.1) is 5.82 Å². The quantitative estimate of drug-likeness (QED) is 0.716. The number of benzene rings is 1. The molecule has 92 valence electrons. The van der Waals surface area contributed by atoms with E-state index in [4.69, 9.17) is 19.5 Å². The Hall–Kier alpha value is -0.945. The highest BCUT2D eigenvalue weighted by atomic mass is 19.1. The first kappa shape index (κ1) is 12.5. The molecule has 0 saturated carbocycles. The lowest BCUT2D eigenvalue weighted by atomic mass is 9.79. The van der Waals surface area contributed by atoms with Gasteiger partial charge in [0.05, 0.1) is 19.3 Å². The van der Waals surface area contributed by atoms with Crippen LogP contribution in [-0.4, -0.2) is 36.5 Å². The van der Waals surface area contributed by atoms with E-state index in [-0.39, 0.29) is 18.2 Å². The molecule has 1 heterocycles. The molecular formula is C11H14BFO4. The van der Waals surface area contributed by atoms with E-state index in [1.54, 1.807) is 0 Å². The first-order valence-corrected chi connectivity index (χ1v) is 5.50. The zero-order chi connectivity index (χ0) is 12.3. The number of hydrogen-bond donors (Lipinski definition) is 2. The predicted octanol–water partition coefficient (Wildman–Crippen LogP) is -0.189. The summed E-state index contributed by atoms with van der Waals surface area (Å²) in [5.74, 6) is -0.503. The lowest BCUT2D eigenvalue weighted by Gasteiger charge is -2.11. The molecule has 1 aliphatic heterocycles. The summed E-state index contributed by atoms with van der Waals surface area (Å²) in [5, 5.41) is 18.0. The van der Waals surface area contributed by atoms with E-state index in [9.17, 15) is 4.39 Å². The Labute approximate surface area is 99.1 Å². The van der Waals surface area contributed by atoms with Crippen LogP contribution in [-0.2, 0) is 16.1 Å². The van der Waals surface area contributed by atoms with Gasteiger partial charge < -0.3 is 19.5 Å². The summed E-state index contributed by atoms with van der Waals surface area (Å²) in [4.78, 5) is 0. The number of halogens is 1. The molecule has 1 aromatic rings. The summed E-state index contributed by atoms with van der Waals surface area (Å²) in [6, 6.07) is 3.93. The molecule has 0 aliphatic carbocycles. The Morgan fingerprint density at radius 1 is 1.41 bits per heavy atom. The Morgan fingerprint density at radius 3 is 2.88 bits per heavy atom. The molecule has 1 fully saturated rings. The molecule has 0 radical (unpaired) electrons. The van der Waals surface area contributed by atoms with Crippen molar-refractivity contribution in [3.05, 3.63) is 29.6 Å². The van der Waals surface area contributed by atoms with E-state index in [0.29, 0.717) is 18.8 Å². The van der Waals surface area contributed by atoms with Crippen LogP contribution in [0.5, 0.6) is 0 Å². The smallest absolute Gasteiger partial charge is 0.423 e. The monoisotopic (exact) mass is 240 g/mol. The van der Waals surface area contributed by atoms with Crippen molar-refractivity contribution >= 4 is 12.6 Å². The number of hydrogen-bond acceptors (Lipinski definition) is 4. The van der Waals surface area contributed by atoms with Crippen LogP contribution in [0.3, 0.4) is 0 Å². The average molecular weight is 240 g/mol. The lowest BCUT2D eigenvalue weighted by Crippen LogP contribution is -2.30. The highest BCUT2D eigenvalue weighted by molar-refractivity contribution is 6.58. The van der Waals surface area contributed by atoms with Crippen molar-refractivity contribution in [3.8, 4) is 0 Å². The molecule has 4 nitrogen and oxygen atoms in total. The third-order valence-corrected chi connectivity index (χ3v) is 2.65. The minimum absolute atomic E-state index is 0.0424. The lowest BCUT2D eigenvalue weighted by molar-refractivity contribution is 0.0317. The van der Waals surface area contributed by atoms with Gasteiger partial charge in [0.25, 0.3) is 0 Å². The van der Waals surface area contributed by atoms with Crippen molar-refractivity contribution in [2.24, 2.45) is 0 Å². The molecule has 1 unspecified atom stereocenters. The van der Waals surface area contributed by atoms with Crippen LogP contribution in [0.2, 0.25) is 0 Å². The van der Waals surface area contributed by atoms with Crippen LogP contribution < -0.4 is 5.46 Å². The fourth-order valence-corrected chi connectivity index (χ4v) is 1.77. The average Bonchev–Trinajstić information content (AvgIpc) is 2.78. The topological polar surface area (TPSA) is 58.9 Å². The molecule has 2 N–H and O–H groups in total. The summed E-state index contributed by atoms with van der Waals surface area (Å²) in [7, 11) is -1.67. The SMILES string of the molecule is OB(O)c1cc(F)cc(COC2CCOC2)c1. The number of rotatable bonds is 4. The molecule has 0 spiro atoms. The van der Waals surface area contributed by atoms with Gasteiger partial charge in [-0.25, -0.2) is 4.39 Å². The van der Waals surface area contributed by atoms with Crippen molar-refractivity contribution in [2.75, 3.05) is 13.2 Å². The van der Waals surface area contributed by atoms with Gasteiger partial charge in [0.2, 0.25) is 0 Å². The van der Waals surface area contributed by atoms with Gasteiger partial charge in [0.1, 0.15) is 5.82 Å². The van der Waals surface area contributed by atoms with Crippen molar-refractivity contribution < 1.29 is 23.9 Å². The van der Waals surface area contributed by atoms with Crippen LogP contribution in [0.25, 0.3) is 0 Å². The Morgan fingerprint density at radius 2 is 2.24 bits per heavy atom. The van der Waals surface area contributed by atoms with Crippen molar-refractivity contribution in [1.29, 1.82) is 0 Å². The van der Waals surface area contributed by atoms with E-state index >= 15 is 0 Å². The maximum absolute atomic E-state index is 13.2. The van der Waals surface area contributed by atoms with Crippen molar-refractivity contribution in [3.63, 3.8) is 0 Å². The highest BCUT2D eigenvalue weighted by Crippen LogP contribution is 2.12. The Kier molecular flexibility index (Phi) is 4.12. The molecule has 0 bridgehead atoms. The van der Waals surface area contributed by atoms with E-state index < -0.39 is 12.9 Å². The molecule has 0 aromatic heterocycles. The first-order chi connectivity index (χ1) is 8.15. The zero-order valence-corrected chi connectivity index (χ0v) is 9.30. The highest BCUT2D eigenvalue weighted by Gasteiger charge is 2.17. The molecule has 1 atom stereocenters. The molecule has 17 heavy (non-hydrogen) atoms. The largest absolute Gasteiger partial charge is 0.488 e. The fraction of sp³-hybridized carbons (Fsp3) is 0.455. The standard InChI is InChI=1S/C11H14BFO4/c13-10-4-8(3-9(5-10)12(14)15)6-17-11-1-2-16-7-11/h3-5,11,14-15H,1-2,6-7H2.